The Balaban J connectivity index is 1.12. The Morgan fingerprint density at radius 1 is 0.302 bits per heavy atom. The molecule has 6 nitrogen and oxygen atoms in total. The number of hydrogen-bond donors (Lipinski definition) is 0. The van der Waals surface area contributed by atoms with Crippen LogP contribution in [0.5, 0.6) is 0 Å². The Morgan fingerprint density at radius 3 is 1.40 bits per heavy atom. The zero-order valence-corrected chi connectivity index (χ0v) is 33.9. The standard InChI is InChI=1S/C57H35N5O/c1-4-17-36(18-5-1)55-58-56(37-19-6-2-7-20-37)60-57(59-55)47-34-33-46-45-27-16-26-40(38-31-32-44-43-25-10-13-28-48(43)61(51(44)35-38)39-21-8-3-9-22-39)53(45)63-54(46)52(47)62-49-29-14-11-23-41(49)42-24-12-15-30-50(42)62/h1-35H. The lowest BCUT2D eigenvalue weighted by Gasteiger charge is -2.15. The van der Waals surface area contributed by atoms with Gasteiger partial charge in [0.05, 0.1) is 22.1 Å². The first-order valence-electron chi connectivity index (χ1n) is 21.2. The van der Waals surface area contributed by atoms with Gasteiger partial charge in [-0.2, -0.15) is 0 Å². The van der Waals surface area contributed by atoms with Crippen LogP contribution in [-0.4, -0.2) is 24.1 Å². The molecule has 4 heterocycles. The van der Waals surface area contributed by atoms with E-state index in [0.29, 0.717) is 17.5 Å². The van der Waals surface area contributed by atoms with E-state index in [1.54, 1.807) is 0 Å². The normalized spacial score (nSPS) is 11.8. The third kappa shape index (κ3) is 5.48. The average molecular weight is 806 g/mol. The Bertz CT molecular complexity index is 3790. The summed E-state index contributed by atoms with van der Waals surface area (Å²) in [5.74, 6) is 1.76. The van der Waals surface area contributed by atoms with Crippen molar-refractivity contribution in [3.8, 4) is 56.7 Å². The van der Waals surface area contributed by atoms with E-state index in [2.05, 4.69) is 161 Å². The van der Waals surface area contributed by atoms with Crippen molar-refractivity contribution in [2.75, 3.05) is 0 Å². The van der Waals surface area contributed by atoms with Crippen molar-refractivity contribution in [3.63, 3.8) is 0 Å². The zero-order valence-electron chi connectivity index (χ0n) is 33.9. The molecule has 13 rings (SSSR count). The molecule has 0 bridgehead atoms. The van der Waals surface area contributed by atoms with E-state index >= 15 is 0 Å². The molecule has 13 aromatic rings. The molecule has 294 valence electrons. The van der Waals surface area contributed by atoms with Gasteiger partial charge >= 0.3 is 0 Å². The van der Waals surface area contributed by atoms with Crippen LogP contribution in [0, 0.1) is 0 Å². The third-order valence-electron chi connectivity index (χ3n) is 12.4. The van der Waals surface area contributed by atoms with E-state index < -0.39 is 0 Å². The number of benzene rings is 9. The Hall–Kier alpha value is -8.61. The fraction of sp³-hybridized carbons (Fsp3) is 0. The molecule has 0 atom stereocenters. The van der Waals surface area contributed by atoms with Gasteiger partial charge in [0.25, 0.3) is 0 Å². The summed E-state index contributed by atoms with van der Waals surface area (Å²) in [5, 5.41) is 6.77. The van der Waals surface area contributed by atoms with E-state index in [4.69, 9.17) is 19.4 Å². The van der Waals surface area contributed by atoms with Gasteiger partial charge in [0, 0.05) is 60.3 Å². The van der Waals surface area contributed by atoms with Crippen molar-refractivity contribution >= 4 is 65.6 Å². The van der Waals surface area contributed by atoms with Gasteiger partial charge < -0.3 is 13.6 Å². The highest BCUT2D eigenvalue weighted by Crippen LogP contribution is 2.45. The Kier molecular flexibility index (Phi) is 7.80. The van der Waals surface area contributed by atoms with Crippen molar-refractivity contribution in [1.82, 2.24) is 24.1 Å². The zero-order chi connectivity index (χ0) is 41.4. The van der Waals surface area contributed by atoms with E-state index in [9.17, 15) is 0 Å². The minimum Gasteiger partial charge on any atom is -0.453 e. The highest BCUT2D eigenvalue weighted by Gasteiger charge is 2.25. The highest BCUT2D eigenvalue weighted by molar-refractivity contribution is 6.17. The number of furan rings is 1. The van der Waals surface area contributed by atoms with Crippen LogP contribution >= 0.6 is 0 Å². The lowest BCUT2D eigenvalue weighted by molar-refractivity contribution is 0.667. The van der Waals surface area contributed by atoms with Crippen LogP contribution in [-0.2, 0) is 0 Å². The molecule has 4 aromatic heterocycles. The summed E-state index contributed by atoms with van der Waals surface area (Å²) in [6.45, 7) is 0. The molecule has 0 amide bonds. The number of fused-ring (bicyclic) bond motifs is 9. The van der Waals surface area contributed by atoms with E-state index in [0.717, 1.165) is 88.5 Å². The molecule has 0 fully saturated rings. The molecule has 9 aromatic carbocycles. The van der Waals surface area contributed by atoms with E-state index in [1.807, 2.05) is 60.7 Å². The summed E-state index contributed by atoms with van der Waals surface area (Å²) in [7, 11) is 0. The summed E-state index contributed by atoms with van der Waals surface area (Å²) in [4.78, 5) is 15.6. The van der Waals surface area contributed by atoms with Crippen molar-refractivity contribution in [2.45, 2.75) is 0 Å². The summed E-state index contributed by atoms with van der Waals surface area (Å²) in [6.07, 6.45) is 0. The largest absolute Gasteiger partial charge is 0.453 e. The first kappa shape index (κ1) is 35.2. The van der Waals surface area contributed by atoms with Gasteiger partial charge in [-0.25, -0.2) is 15.0 Å². The number of nitrogens with zero attached hydrogens (tertiary/aromatic N) is 5. The molecule has 0 aliphatic heterocycles. The molecular formula is C57H35N5O. The molecule has 63 heavy (non-hydrogen) atoms. The van der Waals surface area contributed by atoms with Crippen molar-refractivity contribution < 1.29 is 4.42 Å². The van der Waals surface area contributed by atoms with Gasteiger partial charge in [-0.05, 0) is 54.1 Å². The first-order valence-corrected chi connectivity index (χ1v) is 21.2. The first-order chi connectivity index (χ1) is 31.3. The summed E-state index contributed by atoms with van der Waals surface area (Å²) in [5.41, 5.74) is 12.7. The number of para-hydroxylation sites is 5. The predicted molar refractivity (Wildman–Crippen MR) is 258 cm³/mol. The second kappa shape index (κ2) is 14.0. The minimum atomic E-state index is 0.557. The SMILES string of the molecule is c1ccc(-c2nc(-c3ccccc3)nc(-c3ccc4c(oc5c(-c6ccc7c8ccccc8n(-c8ccccc8)c7c6)cccc54)c3-n3c4ccccc4c4ccccc43)n2)cc1. The van der Waals surface area contributed by atoms with Crippen LogP contribution in [0.2, 0.25) is 0 Å². The summed E-state index contributed by atoms with van der Waals surface area (Å²) < 4.78 is 12.1. The van der Waals surface area contributed by atoms with Crippen molar-refractivity contribution in [2.24, 2.45) is 0 Å². The van der Waals surface area contributed by atoms with Crippen molar-refractivity contribution in [1.29, 1.82) is 0 Å². The lowest BCUT2D eigenvalue weighted by Crippen LogP contribution is -2.04. The molecule has 0 radical (unpaired) electrons. The van der Waals surface area contributed by atoms with Crippen LogP contribution in [0.1, 0.15) is 0 Å². The van der Waals surface area contributed by atoms with E-state index in [-0.39, 0.29) is 0 Å². The maximum Gasteiger partial charge on any atom is 0.166 e. The lowest BCUT2D eigenvalue weighted by atomic mass is 10.00. The quantitative estimate of drug-likeness (QED) is 0.168. The van der Waals surface area contributed by atoms with Gasteiger partial charge in [-0.3, -0.25) is 0 Å². The monoisotopic (exact) mass is 805 g/mol. The third-order valence-corrected chi connectivity index (χ3v) is 12.4. The van der Waals surface area contributed by atoms with Crippen LogP contribution in [0.25, 0.3) is 122 Å². The van der Waals surface area contributed by atoms with Gasteiger partial charge in [-0.15, -0.1) is 0 Å². The summed E-state index contributed by atoms with van der Waals surface area (Å²) in [6, 6.07) is 74.3. The molecule has 0 aliphatic rings. The van der Waals surface area contributed by atoms with Gasteiger partial charge in [-0.1, -0.05) is 164 Å². The number of rotatable bonds is 6. The maximum absolute atomic E-state index is 7.37. The topological polar surface area (TPSA) is 61.7 Å². The highest BCUT2D eigenvalue weighted by atomic mass is 16.3. The average Bonchev–Trinajstić information content (AvgIpc) is 4.02. The number of aromatic nitrogens is 5. The summed E-state index contributed by atoms with van der Waals surface area (Å²) >= 11 is 0. The molecule has 0 aliphatic carbocycles. The smallest absolute Gasteiger partial charge is 0.166 e. The second-order valence-electron chi connectivity index (χ2n) is 16.0. The second-order valence-corrected chi connectivity index (χ2v) is 16.0. The van der Waals surface area contributed by atoms with Crippen LogP contribution in [0.3, 0.4) is 0 Å². The molecule has 0 saturated carbocycles. The molecular weight excluding hydrogens is 771 g/mol. The predicted octanol–water partition coefficient (Wildman–Crippen LogP) is 14.6. The van der Waals surface area contributed by atoms with Crippen LogP contribution < -0.4 is 0 Å². The molecule has 0 unspecified atom stereocenters. The van der Waals surface area contributed by atoms with Gasteiger partial charge in [0.2, 0.25) is 0 Å². The fourth-order valence-corrected chi connectivity index (χ4v) is 9.56. The van der Waals surface area contributed by atoms with E-state index in [1.165, 1.54) is 16.3 Å². The van der Waals surface area contributed by atoms with Gasteiger partial charge in [0.1, 0.15) is 11.3 Å². The Morgan fingerprint density at radius 2 is 0.778 bits per heavy atom. The number of hydrogen-bond acceptors (Lipinski definition) is 4. The van der Waals surface area contributed by atoms with Gasteiger partial charge in [0.15, 0.2) is 23.1 Å². The van der Waals surface area contributed by atoms with Crippen LogP contribution in [0.4, 0.5) is 0 Å². The fourth-order valence-electron chi connectivity index (χ4n) is 9.56. The molecule has 0 spiro atoms. The maximum atomic E-state index is 7.37. The minimum absolute atomic E-state index is 0.557. The molecule has 0 N–H and O–H groups in total. The molecule has 0 saturated heterocycles. The van der Waals surface area contributed by atoms with Crippen molar-refractivity contribution in [3.05, 3.63) is 212 Å². The molecule has 6 heteroatoms. The van der Waals surface area contributed by atoms with Crippen LogP contribution in [0.15, 0.2) is 217 Å². The Labute approximate surface area is 361 Å².